The molecule has 0 spiro atoms. The highest BCUT2D eigenvalue weighted by Gasteiger charge is 2.18. The largest absolute Gasteiger partial charge is 0.370 e. The van der Waals surface area contributed by atoms with E-state index in [0.717, 1.165) is 12.2 Å². The van der Waals surface area contributed by atoms with Crippen LogP contribution < -0.4 is 15.5 Å². The topological polar surface area (TPSA) is 87.5 Å². The molecule has 0 radical (unpaired) electrons. The van der Waals surface area contributed by atoms with Gasteiger partial charge < -0.3 is 20.1 Å². The van der Waals surface area contributed by atoms with Crippen molar-refractivity contribution in [1.82, 2.24) is 10.5 Å². The van der Waals surface area contributed by atoms with Crippen molar-refractivity contribution in [2.24, 2.45) is 0 Å². The van der Waals surface area contributed by atoms with Crippen LogP contribution in [0.2, 0.25) is 0 Å². The maximum atomic E-state index is 12.6. The molecule has 0 aliphatic heterocycles. The van der Waals surface area contributed by atoms with Crippen LogP contribution >= 0.6 is 0 Å². The zero-order valence-corrected chi connectivity index (χ0v) is 16.7. The Bertz CT molecular complexity index is 984. The Hall–Kier alpha value is -3.61. The molecule has 2 amide bonds. The van der Waals surface area contributed by atoms with Gasteiger partial charge in [-0.1, -0.05) is 41.6 Å². The van der Waals surface area contributed by atoms with Crippen molar-refractivity contribution >= 4 is 23.3 Å². The first-order valence-electron chi connectivity index (χ1n) is 9.32. The zero-order valence-electron chi connectivity index (χ0n) is 16.7. The third kappa shape index (κ3) is 5.44. The van der Waals surface area contributed by atoms with E-state index in [0.29, 0.717) is 17.1 Å². The summed E-state index contributed by atoms with van der Waals surface area (Å²) >= 11 is 0. The number of hydrogen-bond acceptors (Lipinski definition) is 5. The number of hydrogen-bond donors (Lipinski definition) is 2. The van der Waals surface area contributed by atoms with Gasteiger partial charge in [-0.2, -0.15) is 0 Å². The summed E-state index contributed by atoms with van der Waals surface area (Å²) in [4.78, 5) is 26.9. The Morgan fingerprint density at radius 2 is 1.86 bits per heavy atom. The van der Waals surface area contributed by atoms with Crippen LogP contribution in [0.15, 0.2) is 65.2 Å². The van der Waals surface area contributed by atoms with Crippen LogP contribution in [0.3, 0.4) is 0 Å². The van der Waals surface area contributed by atoms with E-state index >= 15 is 0 Å². The number of amides is 2. The Balaban J connectivity index is 1.61. The van der Waals surface area contributed by atoms with Crippen molar-refractivity contribution in [3.8, 4) is 0 Å². The maximum Gasteiger partial charge on any atom is 0.251 e. The van der Waals surface area contributed by atoms with Crippen molar-refractivity contribution < 1.29 is 14.1 Å². The van der Waals surface area contributed by atoms with E-state index in [2.05, 4.69) is 32.8 Å². The molecule has 3 aromatic rings. The van der Waals surface area contributed by atoms with Gasteiger partial charge >= 0.3 is 0 Å². The molecule has 150 valence electrons. The molecule has 0 saturated carbocycles. The number of benzene rings is 2. The molecule has 2 aromatic carbocycles. The lowest BCUT2D eigenvalue weighted by molar-refractivity contribution is -0.117. The Morgan fingerprint density at radius 3 is 2.55 bits per heavy atom. The lowest BCUT2D eigenvalue weighted by Crippen LogP contribution is -2.41. The van der Waals surface area contributed by atoms with Crippen molar-refractivity contribution in [3.05, 3.63) is 77.6 Å². The zero-order chi connectivity index (χ0) is 20.8. The van der Waals surface area contributed by atoms with E-state index in [9.17, 15) is 9.59 Å². The van der Waals surface area contributed by atoms with Gasteiger partial charge in [0.25, 0.3) is 5.91 Å². The third-order valence-corrected chi connectivity index (χ3v) is 4.43. The molecule has 0 fully saturated rings. The third-order valence-electron chi connectivity index (χ3n) is 4.43. The molecule has 1 aromatic heterocycles. The lowest BCUT2D eigenvalue weighted by Gasteiger charge is -2.20. The second-order valence-corrected chi connectivity index (χ2v) is 6.90. The van der Waals surface area contributed by atoms with Gasteiger partial charge in [0.2, 0.25) is 5.91 Å². The Morgan fingerprint density at radius 1 is 1.10 bits per heavy atom. The summed E-state index contributed by atoms with van der Waals surface area (Å²) in [6.45, 7) is 4.07. The molecule has 0 aliphatic rings. The highest BCUT2D eigenvalue weighted by molar-refractivity contribution is 6.01. The van der Waals surface area contributed by atoms with Crippen LogP contribution in [-0.2, 0) is 11.3 Å². The summed E-state index contributed by atoms with van der Waals surface area (Å²) in [6.07, 6.45) is 0. The highest BCUT2D eigenvalue weighted by Crippen LogP contribution is 2.17. The summed E-state index contributed by atoms with van der Waals surface area (Å²) in [5.74, 6) is 0.217. The van der Waals surface area contributed by atoms with E-state index in [1.54, 1.807) is 26.0 Å². The molecule has 0 aliphatic carbocycles. The van der Waals surface area contributed by atoms with Crippen LogP contribution in [0.5, 0.6) is 0 Å². The summed E-state index contributed by atoms with van der Waals surface area (Å²) in [5.41, 5.74) is 2.58. The van der Waals surface area contributed by atoms with Crippen molar-refractivity contribution in [1.29, 1.82) is 0 Å². The summed E-state index contributed by atoms with van der Waals surface area (Å²) in [7, 11) is 1.97. The average Bonchev–Trinajstić information content (AvgIpc) is 3.13. The van der Waals surface area contributed by atoms with Crippen molar-refractivity contribution in [2.75, 3.05) is 17.3 Å². The molecule has 0 bridgehead atoms. The fourth-order valence-electron chi connectivity index (χ4n) is 2.84. The Labute approximate surface area is 169 Å². The summed E-state index contributed by atoms with van der Waals surface area (Å²) in [6, 6.07) is 18.3. The van der Waals surface area contributed by atoms with Gasteiger partial charge in [-0.15, -0.1) is 0 Å². The summed E-state index contributed by atoms with van der Waals surface area (Å²) < 4.78 is 4.92. The van der Waals surface area contributed by atoms with Gasteiger partial charge in [-0.05, 0) is 37.6 Å². The molecule has 1 atom stereocenters. The highest BCUT2D eigenvalue weighted by atomic mass is 16.5. The van der Waals surface area contributed by atoms with Gasteiger partial charge in [0.15, 0.2) is 5.82 Å². The standard InChI is InChI=1S/C22H24N4O3/c1-15-12-20(25-29-15)24-21(27)16(2)23-22(28)18-10-7-11-19(13-18)26(3)14-17-8-5-4-6-9-17/h4-13,16H,14H2,1-3H3,(H,23,28)(H,24,25,27)/t16-/m0/s1. The van der Waals surface area contributed by atoms with E-state index in [4.69, 9.17) is 4.52 Å². The smallest absolute Gasteiger partial charge is 0.251 e. The van der Waals surface area contributed by atoms with Crippen LogP contribution in [0.25, 0.3) is 0 Å². The molecule has 1 heterocycles. The Kier molecular flexibility index (Phi) is 6.29. The van der Waals surface area contributed by atoms with Crippen LogP contribution in [0.4, 0.5) is 11.5 Å². The SMILES string of the molecule is Cc1cc(NC(=O)[C@H](C)NC(=O)c2cccc(N(C)Cc3ccccc3)c2)no1. The number of nitrogens with zero attached hydrogens (tertiary/aromatic N) is 2. The first kappa shape index (κ1) is 20.1. The second kappa shape index (κ2) is 9.05. The van der Waals surface area contributed by atoms with Gasteiger partial charge in [-0.25, -0.2) is 0 Å². The molecular weight excluding hydrogens is 368 g/mol. The summed E-state index contributed by atoms with van der Waals surface area (Å²) in [5, 5.41) is 9.04. The second-order valence-electron chi connectivity index (χ2n) is 6.90. The fraction of sp³-hybridized carbons (Fsp3) is 0.227. The van der Waals surface area contributed by atoms with Gasteiger partial charge in [0.05, 0.1) is 0 Å². The van der Waals surface area contributed by atoms with Crippen LogP contribution in [0.1, 0.15) is 28.6 Å². The number of carbonyl (C=O) groups is 2. The van der Waals surface area contributed by atoms with Crippen molar-refractivity contribution in [3.63, 3.8) is 0 Å². The molecule has 7 nitrogen and oxygen atoms in total. The maximum absolute atomic E-state index is 12.6. The number of carbonyl (C=O) groups excluding carboxylic acids is 2. The molecule has 7 heteroatoms. The van der Waals surface area contributed by atoms with E-state index in [1.807, 2.05) is 43.4 Å². The molecule has 0 saturated heterocycles. The van der Waals surface area contributed by atoms with Crippen molar-refractivity contribution in [2.45, 2.75) is 26.4 Å². The predicted octanol–water partition coefficient (Wildman–Crippen LogP) is 3.38. The van der Waals surface area contributed by atoms with E-state index in [1.165, 1.54) is 5.56 Å². The van der Waals surface area contributed by atoms with Gasteiger partial charge in [-0.3, -0.25) is 9.59 Å². The molecular formula is C22H24N4O3. The molecule has 3 rings (SSSR count). The molecule has 2 N–H and O–H groups in total. The minimum Gasteiger partial charge on any atom is -0.370 e. The number of rotatable bonds is 7. The minimum absolute atomic E-state index is 0.318. The number of anilines is 2. The van der Waals surface area contributed by atoms with E-state index < -0.39 is 6.04 Å². The lowest BCUT2D eigenvalue weighted by atomic mass is 10.1. The van der Waals surface area contributed by atoms with Crippen LogP contribution in [-0.4, -0.2) is 30.1 Å². The predicted molar refractivity (Wildman–Crippen MR) is 112 cm³/mol. The average molecular weight is 392 g/mol. The van der Waals surface area contributed by atoms with Crippen LogP contribution in [0, 0.1) is 6.92 Å². The number of aromatic nitrogens is 1. The normalized spacial score (nSPS) is 11.6. The van der Waals surface area contributed by atoms with E-state index in [-0.39, 0.29) is 11.8 Å². The molecule has 29 heavy (non-hydrogen) atoms. The quantitative estimate of drug-likeness (QED) is 0.644. The minimum atomic E-state index is -0.731. The fourth-order valence-corrected chi connectivity index (χ4v) is 2.84. The van der Waals surface area contributed by atoms with Gasteiger partial charge in [0, 0.05) is 30.9 Å². The first-order valence-corrected chi connectivity index (χ1v) is 9.32. The first-order chi connectivity index (χ1) is 13.9. The number of nitrogens with one attached hydrogen (secondary N) is 2. The monoisotopic (exact) mass is 392 g/mol. The molecule has 0 unspecified atom stereocenters. The number of aryl methyl sites for hydroxylation is 1. The van der Waals surface area contributed by atoms with Gasteiger partial charge in [0.1, 0.15) is 11.8 Å².